The van der Waals surface area contributed by atoms with Crippen LogP contribution in [0.2, 0.25) is 0 Å². The van der Waals surface area contributed by atoms with Crippen LogP contribution in [0.5, 0.6) is 0 Å². The quantitative estimate of drug-likeness (QED) is 0.669. The molecule has 2 rings (SSSR count). The molecule has 0 atom stereocenters. The average Bonchev–Trinajstić information content (AvgIpc) is 2.54. The highest BCUT2D eigenvalue weighted by atomic mass is 15.3. The van der Waals surface area contributed by atoms with Crippen LogP contribution < -0.4 is 5.73 Å². The molecule has 3 nitrogen and oxygen atoms in total. The van der Waals surface area contributed by atoms with E-state index in [-0.39, 0.29) is 5.54 Å². The Morgan fingerprint density at radius 1 is 1.27 bits per heavy atom. The highest BCUT2D eigenvalue weighted by molar-refractivity contribution is 5.86. The molecule has 2 N–H and O–H groups in total. The van der Waals surface area contributed by atoms with Gasteiger partial charge in [0.05, 0.1) is 17.3 Å². The van der Waals surface area contributed by atoms with Crippen LogP contribution in [0.3, 0.4) is 0 Å². The molecular weight excluding hydrogens is 186 g/mol. The number of rotatable bonds is 0. The van der Waals surface area contributed by atoms with Gasteiger partial charge in [-0.3, -0.25) is 4.68 Å². The fraction of sp³-hybridized carbons (Fsp3) is 0.417. The van der Waals surface area contributed by atoms with E-state index in [1.807, 2.05) is 29.9 Å². The van der Waals surface area contributed by atoms with Gasteiger partial charge in [-0.1, -0.05) is 0 Å². The van der Waals surface area contributed by atoms with Crippen molar-refractivity contribution in [2.45, 2.75) is 33.2 Å². The van der Waals surface area contributed by atoms with Gasteiger partial charge in [0.2, 0.25) is 0 Å². The molecule has 0 radical (unpaired) electrons. The van der Waals surface area contributed by atoms with Crippen LogP contribution in [0.1, 0.15) is 26.3 Å². The molecule has 0 fully saturated rings. The first-order chi connectivity index (χ1) is 6.91. The average molecular weight is 203 g/mol. The number of nitrogens with two attached hydrogens (primary N) is 1. The van der Waals surface area contributed by atoms with E-state index in [1.165, 1.54) is 0 Å². The Bertz CT molecular complexity index is 503. The number of aromatic nitrogens is 2. The van der Waals surface area contributed by atoms with Crippen molar-refractivity contribution in [1.29, 1.82) is 0 Å². The SMILES string of the molecule is Cc1c(N)ccc2cnn(C(C)(C)C)c12. The van der Waals surface area contributed by atoms with Crippen LogP contribution in [0, 0.1) is 6.92 Å². The predicted molar refractivity (Wildman–Crippen MR) is 63.9 cm³/mol. The largest absolute Gasteiger partial charge is 0.398 e. The van der Waals surface area contributed by atoms with E-state index >= 15 is 0 Å². The van der Waals surface area contributed by atoms with Gasteiger partial charge in [0.25, 0.3) is 0 Å². The molecule has 0 aliphatic rings. The van der Waals surface area contributed by atoms with Crippen LogP contribution in [-0.2, 0) is 5.54 Å². The van der Waals surface area contributed by atoms with E-state index in [9.17, 15) is 0 Å². The predicted octanol–water partition coefficient (Wildman–Crippen LogP) is 2.68. The molecule has 0 aliphatic heterocycles. The standard InChI is InChI=1S/C12H17N3/c1-8-10(13)6-5-9-7-14-15(11(8)9)12(2,3)4/h5-7H,13H2,1-4H3. The van der Waals surface area contributed by atoms with Crippen molar-refractivity contribution >= 4 is 16.6 Å². The number of benzene rings is 1. The highest BCUT2D eigenvalue weighted by Gasteiger charge is 2.18. The number of nitrogens with zero attached hydrogens (tertiary/aromatic N) is 2. The number of anilines is 1. The minimum Gasteiger partial charge on any atom is -0.398 e. The maximum Gasteiger partial charge on any atom is 0.0738 e. The van der Waals surface area contributed by atoms with E-state index in [4.69, 9.17) is 5.73 Å². The van der Waals surface area contributed by atoms with Gasteiger partial charge in [-0.25, -0.2) is 0 Å². The third kappa shape index (κ3) is 1.48. The Labute approximate surface area is 89.9 Å². The summed E-state index contributed by atoms with van der Waals surface area (Å²) >= 11 is 0. The summed E-state index contributed by atoms with van der Waals surface area (Å²) in [6, 6.07) is 3.96. The van der Waals surface area contributed by atoms with E-state index < -0.39 is 0 Å². The number of nitrogen functional groups attached to an aromatic ring is 1. The second-order valence-corrected chi connectivity index (χ2v) is 4.94. The van der Waals surface area contributed by atoms with Crippen LogP contribution in [0.25, 0.3) is 10.9 Å². The summed E-state index contributed by atoms with van der Waals surface area (Å²) in [6.07, 6.45) is 1.90. The number of aryl methyl sites for hydroxylation is 1. The lowest BCUT2D eigenvalue weighted by Crippen LogP contribution is -2.23. The van der Waals surface area contributed by atoms with Gasteiger partial charge >= 0.3 is 0 Å². The summed E-state index contributed by atoms with van der Waals surface area (Å²) < 4.78 is 2.04. The summed E-state index contributed by atoms with van der Waals surface area (Å²) in [6.45, 7) is 8.47. The fourth-order valence-corrected chi connectivity index (χ4v) is 1.81. The molecule has 15 heavy (non-hydrogen) atoms. The lowest BCUT2D eigenvalue weighted by atomic mass is 10.1. The third-order valence-electron chi connectivity index (χ3n) is 2.66. The minimum absolute atomic E-state index is 0.0136. The first-order valence-electron chi connectivity index (χ1n) is 5.14. The summed E-state index contributed by atoms with van der Waals surface area (Å²) in [5.74, 6) is 0. The highest BCUT2D eigenvalue weighted by Crippen LogP contribution is 2.27. The molecule has 0 saturated carbocycles. The Balaban J connectivity index is 2.84. The van der Waals surface area contributed by atoms with E-state index in [2.05, 4.69) is 25.9 Å². The molecule has 0 unspecified atom stereocenters. The zero-order valence-corrected chi connectivity index (χ0v) is 9.70. The van der Waals surface area contributed by atoms with Gasteiger partial charge in [-0.2, -0.15) is 5.10 Å². The van der Waals surface area contributed by atoms with Gasteiger partial charge < -0.3 is 5.73 Å². The van der Waals surface area contributed by atoms with E-state index in [1.54, 1.807) is 0 Å². The Morgan fingerprint density at radius 3 is 2.53 bits per heavy atom. The molecule has 0 bridgehead atoms. The van der Waals surface area contributed by atoms with Crippen LogP contribution in [0.4, 0.5) is 5.69 Å². The van der Waals surface area contributed by atoms with Gasteiger partial charge in [0, 0.05) is 11.1 Å². The normalized spacial score (nSPS) is 12.3. The molecule has 0 amide bonds. The fourth-order valence-electron chi connectivity index (χ4n) is 1.81. The molecule has 0 aliphatic carbocycles. The molecule has 1 aromatic carbocycles. The van der Waals surface area contributed by atoms with Gasteiger partial charge in [0.15, 0.2) is 0 Å². The number of hydrogen-bond donors (Lipinski definition) is 1. The monoisotopic (exact) mass is 203 g/mol. The summed E-state index contributed by atoms with van der Waals surface area (Å²) in [5.41, 5.74) is 8.98. The van der Waals surface area contributed by atoms with Crippen molar-refractivity contribution in [3.63, 3.8) is 0 Å². The Morgan fingerprint density at radius 2 is 1.93 bits per heavy atom. The van der Waals surface area contributed by atoms with Crippen LogP contribution in [-0.4, -0.2) is 9.78 Å². The zero-order chi connectivity index (χ0) is 11.2. The van der Waals surface area contributed by atoms with Crippen molar-refractivity contribution in [2.24, 2.45) is 0 Å². The lowest BCUT2D eigenvalue weighted by molar-refractivity contribution is 0.368. The maximum absolute atomic E-state index is 5.92. The first-order valence-corrected chi connectivity index (χ1v) is 5.14. The van der Waals surface area contributed by atoms with Crippen molar-refractivity contribution < 1.29 is 0 Å². The summed E-state index contributed by atoms with van der Waals surface area (Å²) in [4.78, 5) is 0. The second kappa shape index (κ2) is 2.99. The Kier molecular flexibility index (Phi) is 2.00. The number of hydrogen-bond acceptors (Lipinski definition) is 2. The summed E-state index contributed by atoms with van der Waals surface area (Å²) in [7, 11) is 0. The van der Waals surface area contributed by atoms with Gasteiger partial charge in [-0.15, -0.1) is 0 Å². The molecule has 1 aromatic heterocycles. The van der Waals surface area contributed by atoms with Crippen LogP contribution >= 0.6 is 0 Å². The van der Waals surface area contributed by atoms with E-state index in [0.717, 1.165) is 22.2 Å². The molecule has 0 spiro atoms. The van der Waals surface area contributed by atoms with Crippen molar-refractivity contribution in [1.82, 2.24) is 9.78 Å². The lowest BCUT2D eigenvalue weighted by Gasteiger charge is -2.21. The number of fused-ring (bicyclic) bond motifs is 1. The zero-order valence-electron chi connectivity index (χ0n) is 9.70. The summed E-state index contributed by atoms with van der Waals surface area (Å²) in [5, 5.41) is 5.58. The Hall–Kier alpha value is -1.51. The molecule has 1 heterocycles. The van der Waals surface area contributed by atoms with Crippen molar-refractivity contribution in [3.8, 4) is 0 Å². The van der Waals surface area contributed by atoms with E-state index in [0.29, 0.717) is 0 Å². The van der Waals surface area contributed by atoms with Crippen molar-refractivity contribution in [2.75, 3.05) is 5.73 Å². The third-order valence-corrected chi connectivity index (χ3v) is 2.66. The molecular formula is C12H17N3. The molecule has 2 aromatic rings. The van der Waals surface area contributed by atoms with Gasteiger partial charge in [0.1, 0.15) is 0 Å². The molecule has 3 heteroatoms. The molecule has 80 valence electrons. The smallest absolute Gasteiger partial charge is 0.0738 e. The minimum atomic E-state index is -0.0136. The maximum atomic E-state index is 5.92. The molecule has 0 saturated heterocycles. The van der Waals surface area contributed by atoms with Crippen molar-refractivity contribution in [3.05, 3.63) is 23.9 Å². The van der Waals surface area contributed by atoms with Crippen LogP contribution in [0.15, 0.2) is 18.3 Å². The second-order valence-electron chi connectivity index (χ2n) is 4.94. The van der Waals surface area contributed by atoms with Gasteiger partial charge in [-0.05, 0) is 45.4 Å². The topological polar surface area (TPSA) is 43.8 Å². The first kappa shape index (κ1) is 10.0.